The molecule has 6 nitrogen and oxygen atoms in total. The molecule has 0 aliphatic rings. The van der Waals surface area contributed by atoms with Crippen molar-refractivity contribution in [2.75, 3.05) is 4.72 Å². The Bertz CT molecular complexity index is 974. The Hall–Kier alpha value is -2.52. The van der Waals surface area contributed by atoms with Crippen molar-refractivity contribution in [3.05, 3.63) is 64.0 Å². The molecule has 0 saturated carbocycles. The smallest absolute Gasteiger partial charge is 0.271 e. The van der Waals surface area contributed by atoms with Crippen LogP contribution in [0.2, 0.25) is 0 Å². The molecule has 0 atom stereocenters. The molecule has 2 N–H and O–H groups in total. The predicted octanol–water partition coefficient (Wildman–Crippen LogP) is 2.44. The summed E-state index contributed by atoms with van der Waals surface area (Å²) in [6.45, 7) is 0. The average molecular weight is 351 g/mol. The highest BCUT2D eigenvalue weighted by Gasteiger charge is 2.18. The number of halogens is 1. The van der Waals surface area contributed by atoms with Crippen LogP contribution in [0.5, 0.6) is 0 Å². The molecule has 2 heterocycles. The van der Waals surface area contributed by atoms with E-state index in [1.807, 2.05) is 0 Å². The number of rotatable bonds is 4. The van der Waals surface area contributed by atoms with Gasteiger partial charge in [-0.05, 0) is 36.4 Å². The molecule has 0 bridgehead atoms. The lowest BCUT2D eigenvalue weighted by atomic mass is 10.2. The Kier molecular flexibility index (Phi) is 3.97. The van der Waals surface area contributed by atoms with Crippen molar-refractivity contribution in [1.82, 2.24) is 10.2 Å². The van der Waals surface area contributed by atoms with Gasteiger partial charge >= 0.3 is 0 Å². The van der Waals surface area contributed by atoms with E-state index in [2.05, 4.69) is 14.9 Å². The summed E-state index contributed by atoms with van der Waals surface area (Å²) in [6.07, 6.45) is 0. The number of nitrogens with one attached hydrogen (secondary N) is 2. The minimum Gasteiger partial charge on any atom is -0.279 e. The summed E-state index contributed by atoms with van der Waals surface area (Å²) in [6, 6.07) is 9.28. The summed E-state index contributed by atoms with van der Waals surface area (Å²) in [5.74, 6) is -0.449. The minimum absolute atomic E-state index is 0.0878. The van der Waals surface area contributed by atoms with E-state index in [4.69, 9.17) is 0 Å². The molecule has 3 rings (SSSR count). The van der Waals surface area contributed by atoms with Gasteiger partial charge in [-0.15, -0.1) is 11.3 Å². The van der Waals surface area contributed by atoms with Crippen molar-refractivity contribution in [3.8, 4) is 11.3 Å². The normalized spacial score (nSPS) is 11.3. The van der Waals surface area contributed by atoms with Crippen LogP contribution in [0.3, 0.4) is 0 Å². The maximum atomic E-state index is 12.9. The molecule has 118 valence electrons. The highest BCUT2D eigenvalue weighted by molar-refractivity contribution is 7.94. The highest BCUT2D eigenvalue weighted by atomic mass is 32.2. The molecule has 0 unspecified atom stereocenters. The number of sulfonamides is 1. The van der Waals surface area contributed by atoms with Gasteiger partial charge < -0.3 is 0 Å². The highest BCUT2D eigenvalue weighted by Crippen LogP contribution is 2.28. The van der Waals surface area contributed by atoms with Crippen molar-refractivity contribution in [3.63, 3.8) is 0 Å². The fourth-order valence-electron chi connectivity index (χ4n) is 1.82. The second kappa shape index (κ2) is 5.94. The molecule has 3 aromatic rings. The lowest BCUT2D eigenvalue weighted by molar-refractivity contribution is 0.603. The standard InChI is InChI=1S/C14H10FN3O3S2/c15-10-1-3-11(4-2-10)18-23(20,21)14-7-9(8-22-14)12-5-6-13(19)17-16-12/h1-8,18H,(H,17,19). The first-order valence-corrected chi connectivity index (χ1v) is 8.73. The van der Waals surface area contributed by atoms with E-state index in [0.717, 1.165) is 11.3 Å². The maximum Gasteiger partial charge on any atom is 0.271 e. The van der Waals surface area contributed by atoms with Crippen LogP contribution in [0.4, 0.5) is 10.1 Å². The van der Waals surface area contributed by atoms with Crippen molar-refractivity contribution in [2.24, 2.45) is 0 Å². The number of benzene rings is 1. The van der Waals surface area contributed by atoms with Crippen LogP contribution in [0.25, 0.3) is 11.3 Å². The third-order valence-electron chi connectivity index (χ3n) is 2.91. The third-order valence-corrected chi connectivity index (χ3v) is 5.73. The van der Waals surface area contributed by atoms with Crippen LogP contribution in [-0.4, -0.2) is 18.6 Å². The van der Waals surface area contributed by atoms with Crippen LogP contribution < -0.4 is 10.3 Å². The summed E-state index contributed by atoms with van der Waals surface area (Å²) in [4.78, 5) is 11.0. The Morgan fingerprint density at radius 2 is 1.87 bits per heavy atom. The molecule has 0 radical (unpaired) electrons. The number of H-pyrrole nitrogens is 1. The van der Waals surface area contributed by atoms with E-state index in [1.54, 1.807) is 5.38 Å². The third kappa shape index (κ3) is 3.46. The SMILES string of the molecule is O=c1ccc(-c2csc(S(=O)(=O)Nc3ccc(F)cc3)c2)n[nH]1. The molecule has 0 aliphatic carbocycles. The summed E-state index contributed by atoms with van der Waals surface area (Å²) in [5, 5.41) is 7.76. The Morgan fingerprint density at radius 1 is 1.13 bits per heavy atom. The van der Waals surface area contributed by atoms with E-state index >= 15 is 0 Å². The minimum atomic E-state index is -3.78. The second-order valence-electron chi connectivity index (χ2n) is 4.57. The molecule has 0 fully saturated rings. The molecule has 0 aliphatic heterocycles. The van der Waals surface area contributed by atoms with Gasteiger partial charge in [0.15, 0.2) is 0 Å². The molecular formula is C14H10FN3O3S2. The van der Waals surface area contributed by atoms with E-state index in [0.29, 0.717) is 11.3 Å². The van der Waals surface area contributed by atoms with Crippen molar-refractivity contribution >= 4 is 27.0 Å². The second-order valence-corrected chi connectivity index (χ2v) is 7.39. The van der Waals surface area contributed by atoms with Crippen LogP contribution in [0.1, 0.15) is 0 Å². The van der Waals surface area contributed by atoms with E-state index in [1.165, 1.54) is 42.5 Å². The van der Waals surface area contributed by atoms with Gasteiger partial charge in [-0.1, -0.05) is 0 Å². The Morgan fingerprint density at radius 3 is 2.52 bits per heavy atom. The van der Waals surface area contributed by atoms with Crippen LogP contribution in [0.15, 0.2) is 56.8 Å². The number of aromatic nitrogens is 2. The van der Waals surface area contributed by atoms with Crippen LogP contribution in [0, 0.1) is 5.82 Å². The first kappa shape index (κ1) is 15.4. The molecule has 0 amide bonds. The molecule has 9 heteroatoms. The Labute approximate surface area is 134 Å². The van der Waals surface area contributed by atoms with Gasteiger partial charge in [-0.2, -0.15) is 5.10 Å². The van der Waals surface area contributed by atoms with Crippen LogP contribution >= 0.6 is 11.3 Å². The summed E-state index contributed by atoms with van der Waals surface area (Å²) in [7, 11) is -3.78. The predicted molar refractivity (Wildman–Crippen MR) is 85.4 cm³/mol. The summed E-state index contributed by atoms with van der Waals surface area (Å²) < 4.78 is 39.9. The van der Waals surface area contributed by atoms with Gasteiger partial charge in [0.25, 0.3) is 15.6 Å². The largest absolute Gasteiger partial charge is 0.279 e. The summed E-state index contributed by atoms with van der Waals surface area (Å²) in [5.41, 5.74) is 0.966. The topological polar surface area (TPSA) is 91.9 Å². The first-order valence-electron chi connectivity index (χ1n) is 6.37. The van der Waals surface area contributed by atoms with Gasteiger partial charge in [0.1, 0.15) is 10.0 Å². The van der Waals surface area contributed by atoms with Crippen LogP contribution in [-0.2, 0) is 10.0 Å². The summed E-state index contributed by atoms with van der Waals surface area (Å²) >= 11 is 1.02. The van der Waals surface area contributed by atoms with Crippen molar-refractivity contribution in [1.29, 1.82) is 0 Å². The van der Waals surface area contributed by atoms with E-state index in [-0.39, 0.29) is 15.5 Å². The molecule has 1 aromatic carbocycles. The molecule has 23 heavy (non-hydrogen) atoms. The number of anilines is 1. The number of nitrogens with zero attached hydrogens (tertiary/aromatic N) is 1. The fourth-order valence-corrected chi connectivity index (χ4v) is 4.05. The van der Waals surface area contributed by atoms with Crippen molar-refractivity contribution in [2.45, 2.75) is 4.21 Å². The van der Waals surface area contributed by atoms with E-state index < -0.39 is 15.8 Å². The number of aromatic amines is 1. The lowest BCUT2D eigenvalue weighted by Crippen LogP contribution is -2.11. The zero-order valence-electron chi connectivity index (χ0n) is 11.5. The zero-order chi connectivity index (χ0) is 16.4. The quantitative estimate of drug-likeness (QED) is 0.755. The number of hydrogen-bond donors (Lipinski definition) is 2. The van der Waals surface area contributed by atoms with Crippen molar-refractivity contribution < 1.29 is 12.8 Å². The lowest BCUT2D eigenvalue weighted by Gasteiger charge is -2.05. The molecular weight excluding hydrogens is 341 g/mol. The van der Waals surface area contributed by atoms with Gasteiger partial charge in [0.05, 0.1) is 5.69 Å². The average Bonchev–Trinajstić information content (AvgIpc) is 3.01. The zero-order valence-corrected chi connectivity index (χ0v) is 13.1. The number of hydrogen-bond acceptors (Lipinski definition) is 5. The molecule has 0 spiro atoms. The molecule has 0 saturated heterocycles. The monoisotopic (exact) mass is 351 g/mol. The van der Waals surface area contributed by atoms with Gasteiger partial charge in [0, 0.05) is 22.7 Å². The fraction of sp³-hybridized carbons (Fsp3) is 0. The number of thiophene rings is 1. The Balaban J connectivity index is 1.87. The van der Waals surface area contributed by atoms with Gasteiger partial charge in [0.2, 0.25) is 0 Å². The maximum absolute atomic E-state index is 12.9. The van der Waals surface area contributed by atoms with Gasteiger partial charge in [-0.3, -0.25) is 9.52 Å². The van der Waals surface area contributed by atoms with Gasteiger partial charge in [-0.25, -0.2) is 17.9 Å². The first-order chi connectivity index (χ1) is 10.9. The van der Waals surface area contributed by atoms with E-state index in [9.17, 15) is 17.6 Å². The molecule has 2 aromatic heterocycles.